The predicted octanol–water partition coefficient (Wildman–Crippen LogP) is 2.54. The molecule has 1 amide bonds. The van der Waals surface area contributed by atoms with Crippen LogP contribution in [-0.2, 0) is 0 Å². The van der Waals surface area contributed by atoms with Gasteiger partial charge in [-0.05, 0) is 47.2 Å². The fourth-order valence-corrected chi connectivity index (χ4v) is 2.60. The Bertz CT molecular complexity index is 458. The van der Waals surface area contributed by atoms with E-state index in [2.05, 4.69) is 22.6 Å². The first-order valence-electron chi connectivity index (χ1n) is 5.42. The summed E-state index contributed by atoms with van der Waals surface area (Å²) in [5.41, 5.74) is -0.0871. The molecule has 0 radical (unpaired) electrons. The lowest BCUT2D eigenvalue weighted by Gasteiger charge is -2.46. The lowest BCUT2D eigenvalue weighted by atomic mass is 9.90. The molecule has 0 aromatic heterocycles. The Kier molecular flexibility index (Phi) is 3.66. The Morgan fingerprint density at radius 2 is 2.24 bits per heavy atom. The summed E-state index contributed by atoms with van der Waals surface area (Å²) in [6.07, 6.45) is 0.670. The number of rotatable bonds is 2. The number of carbonyl (C=O) groups excluding carboxylic acids is 1. The molecule has 5 heteroatoms. The SMILES string of the molecule is CCC1(O)CN(C(=O)c2cc(Cl)ccc2I)C1. The zero-order chi connectivity index (χ0) is 12.6. The number of nitrogens with zero attached hydrogens (tertiary/aromatic N) is 1. The number of amides is 1. The zero-order valence-electron chi connectivity index (χ0n) is 9.41. The quantitative estimate of drug-likeness (QED) is 0.818. The van der Waals surface area contributed by atoms with E-state index in [0.717, 1.165) is 3.57 Å². The van der Waals surface area contributed by atoms with Crippen LogP contribution >= 0.6 is 34.2 Å². The van der Waals surface area contributed by atoms with Crippen molar-refractivity contribution in [1.29, 1.82) is 0 Å². The van der Waals surface area contributed by atoms with E-state index in [1.54, 1.807) is 17.0 Å². The molecule has 0 saturated carbocycles. The summed E-state index contributed by atoms with van der Waals surface area (Å²) >= 11 is 8.00. The van der Waals surface area contributed by atoms with Crippen LogP contribution in [0.3, 0.4) is 0 Å². The Balaban J connectivity index is 2.14. The number of hydrogen-bond donors (Lipinski definition) is 1. The van der Waals surface area contributed by atoms with Crippen LogP contribution in [0.5, 0.6) is 0 Å². The third kappa shape index (κ3) is 2.58. The molecule has 1 heterocycles. The molecule has 3 nitrogen and oxygen atoms in total. The van der Waals surface area contributed by atoms with Crippen molar-refractivity contribution < 1.29 is 9.90 Å². The van der Waals surface area contributed by atoms with Gasteiger partial charge in [0.15, 0.2) is 0 Å². The van der Waals surface area contributed by atoms with E-state index >= 15 is 0 Å². The summed E-state index contributed by atoms with van der Waals surface area (Å²) < 4.78 is 0.879. The minimum Gasteiger partial charge on any atom is -0.386 e. The summed E-state index contributed by atoms with van der Waals surface area (Å²) in [5.74, 6) is -0.0602. The number of hydrogen-bond acceptors (Lipinski definition) is 2. The topological polar surface area (TPSA) is 40.5 Å². The molecular weight excluding hydrogens is 352 g/mol. The normalized spacial score (nSPS) is 17.8. The molecule has 2 rings (SSSR count). The first-order valence-corrected chi connectivity index (χ1v) is 6.87. The van der Waals surface area contributed by atoms with Crippen molar-refractivity contribution in [2.75, 3.05) is 13.1 Å². The molecule has 0 atom stereocenters. The lowest BCUT2D eigenvalue weighted by molar-refractivity contribution is -0.0826. The molecule has 17 heavy (non-hydrogen) atoms. The van der Waals surface area contributed by atoms with E-state index in [-0.39, 0.29) is 5.91 Å². The van der Waals surface area contributed by atoms with Gasteiger partial charge < -0.3 is 10.0 Å². The van der Waals surface area contributed by atoms with Gasteiger partial charge in [0.1, 0.15) is 0 Å². The highest BCUT2D eigenvalue weighted by molar-refractivity contribution is 14.1. The van der Waals surface area contributed by atoms with Crippen molar-refractivity contribution in [2.24, 2.45) is 0 Å². The van der Waals surface area contributed by atoms with Gasteiger partial charge in [0.05, 0.1) is 24.3 Å². The Morgan fingerprint density at radius 3 is 2.82 bits per heavy atom. The summed E-state index contributed by atoms with van der Waals surface area (Å²) in [6.45, 7) is 2.74. The number of carbonyl (C=O) groups is 1. The van der Waals surface area contributed by atoms with E-state index in [1.807, 2.05) is 13.0 Å². The van der Waals surface area contributed by atoms with Gasteiger partial charge >= 0.3 is 0 Å². The maximum atomic E-state index is 12.2. The molecule has 1 fully saturated rings. The fraction of sp³-hybridized carbons (Fsp3) is 0.417. The zero-order valence-corrected chi connectivity index (χ0v) is 12.3. The second-order valence-electron chi connectivity index (χ2n) is 4.36. The first kappa shape index (κ1) is 13.1. The van der Waals surface area contributed by atoms with Gasteiger partial charge in [-0.2, -0.15) is 0 Å². The van der Waals surface area contributed by atoms with E-state index in [0.29, 0.717) is 30.1 Å². The standard InChI is InChI=1S/C12H13ClINO2/c1-2-12(17)6-15(7-12)11(16)9-5-8(13)3-4-10(9)14/h3-5,17H,2,6-7H2,1H3. The molecule has 92 valence electrons. The van der Waals surface area contributed by atoms with Crippen molar-refractivity contribution >= 4 is 40.1 Å². The molecule has 0 bridgehead atoms. The van der Waals surface area contributed by atoms with Crippen LogP contribution in [0.15, 0.2) is 18.2 Å². The van der Waals surface area contributed by atoms with Gasteiger partial charge in [0, 0.05) is 8.59 Å². The fourth-order valence-electron chi connectivity index (χ4n) is 1.86. The van der Waals surface area contributed by atoms with E-state index in [4.69, 9.17) is 11.6 Å². The third-order valence-corrected chi connectivity index (χ3v) is 4.25. The van der Waals surface area contributed by atoms with Gasteiger partial charge in [-0.3, -0.25) is 4.79 Å². The Labute approximate surface area is 119 Å². The van der Waals surface area contributed by atoms with Crippen LogP contribution in [-0.4, -0.2) is 34.6 Å². The maximum Gasteiger partial charge on any atom is 0.255 e. The van der Waals surface area contributed by atoms with E-state index in [9.17, 15) is 9.90 Å². The number of β-amino-alcohol motifs (C(OH)–C–C–N with tert-alkyl or cyclic N) is 1. The second kappa shape index (κ2) is 4.74. The molecule has 1 aromatic rings. The Morgan fingerprint density at radius 1 is 1.59 bits per heavy atom. The van der Waals surface area contributed by atoms with Crippen LogP contribution in [0.25, 0.3) is 0 Å². The average molecular weight is 366 g/mol. The second-order valence-corrected chi connectivity index (χ2v) is 5.96. The molecule has 1 aromatic carbocycles. The van der Waals surface area contributed by atoms with Crippen LogP contribution < -0.4 is 0 Å². The monoisotopic (exact) mass is 365 g/mol. The van der Waals surface area contributed by atoms with Gasteiger partial charge in [0.2, 0.25) is 0 Å². The van der Waals surface area contributed by atoms with Gasteiger partial charge in [0.25, 0.3) is 5.91 Å². The van der Waals surface area contributed by atoms with Gasteiger partial charge in [-0.15, -0.1) is 0 Å². The first-order chi connectivity index (χ1) is 7.95. The van der Waals surface area contributed by atoms with Crippen LogP contribution in [0, 0.1) is 3.57 Å². The largest absolute Gasteiger partial charge is 0.386 e. The van der Waals surface area contributed by atoms with Gasteiger partial charge in [-0.1, -0.05) is 18.5 Å². The molecule has 1 saturated heterocycles. The van der Waals surface area contributed by atoms with Crippen molar-refractivity contribution in [1.82, 2.24) is 4.90 Å². The third-order valence-electron chi connectivity index (χ3n) is 3.07. The highest BCUT2D eigenvalue weighted by Gasteiger charge is 2.42. The number of halogens is 2. The Hall–Kier alpha value is -0.330. The summed E-state index contributed by atoms with van der Waals surface area (Å²) in [7, 11) is 0. The number of aliphatic hydroxyl groups is 1. The minimum atomic E-state index is -0.695. The molecule has 0 unspecified atom stereocenters. The summed E-state index contributed by atoms with van der Waals surface area (Å²) in [5, 5.41) is 10.4. The van der Waals surface area contributed by atoms with Crippen LogP contribution in [0.1, 0.15) is 23.7 Å². The molecule has 0 aliphatic carbocycles. The molecule has 1 aliphatic heterocycles. The molecule has 1 N–H and O–H groups in total. The summed E-state index contributed by atoms with van der Waals surface area (Å²) in [6, 6.07) is 5.26. The predicted molar refractivity (Wildman–Crippen MR) is 75.3 cm³/mol. The van der Waals surface area contributed by atoms with Crippen molar-refractivity contribution in [2.45, 2.75) is 18.9 Å². The highest BCUT2D eigenvalue weighted by atomic mass is 127. The van der Waals surface area contributed by atoms with E-state index in [1.165, 1.54) is 0 Å². The minimum absolute atomic E-state index is 0.0602. The average Bonchev–Trinajstić information content (AvgIpc) is 2.27. The molecule has 0 spiro atoms. The molecular formula is C12H13ClINO2. The summed E-state index contributed by atoms with van der Waals surface area (Å²) in [4.78, 5) is 13.8. The molecule has 1 aliphatic rings. The lowest BCUT2D eigenvalue weighted by Crippen LogP contribution is -2.63. The van der Waals surface area contributed by atoms with Crippen molar-refractivity contribution in [3.63, 3.8) is 0 Å². The highest BCUT2D eigenvalue weighted by Crippen LogP contribution is 2.27. The van der Waals surface area contributed by atoms with Crippen molar-refractivity contribution in [3.8, 4) is 0 Å². The van der Waals surface area contributed by atoms with E-state index < -0.39 is 5.60 Å². The smallest absolute Gasteiger partial charge is 0.255 e. The number of likely N-dealkylation sites (tertiary alicyclic amines) is 1. The van der Waals surface area contributed by atoms with Gasteiger partial charge in [-0.25, -0.2) is 0 Å². The van der Waals surface area contributed by atoms with Crippen LogP contribution in [0.2, 0.25) is 5.02 Å². The van der Waals surface area contributed by atoms with Crippen molar-refractivity contribution in [3.05, 3.63) is 32.4 Å². The number of benzene rings is 1. The maximum absolute atomic E-state index is 12.2. The van der Waals surface area contributed by atoms with Crippen LogP contribution in [0.4, 0.5) is 0 Å².